The van der Waals surface area contributed by atoms with Gasteiger partial charge in [0, 0.05) is 7.05 Å². The molecule has 3 aliphatic rings. The van der Waals surface area contributed by atoms with Gasteiger partial charge in [-0.2, -0.15) is 0 Å². The van der Waals surface area contributed by atoms with Crippen LogP contribution in [0.3, 0.4) is 0 Å². The lowest BCUT2D eigenvalue weighted by Gasteiger charge is -2.27. The first-order valence-corrected chi connectivity index (χ1v) is 8.42. The van der Waals surface area contributed by atoms with Crippen LogP contribution in [0, 0.1) is 23.7 Å². The molecule has 0 aromatic heterocycles. The summed E-state index contributed by atoms with van der Waals surface area (Å²) in [5, 5.41) is 2.60. The molecular formula is C19H20N2O3. The Balaban J connectivity index is 1.70. The van der Waals surface area contributed by atoms with Crippen molar-refractivity contribution in [1.29, 1.82) is 0 Å². The highest BCUT2D eigenvalue weighted by atomic mass is 16.2. The van der Waals surface area contributed by atoms with Gasteiger partial charge in [-0.25, -0.2) is 0 Å². The van der Waals surface area contributed by atoms with Gasteiger partial charge in [0.15, 0.2) is 0 Å². The second-order valence-corrected chi connectivity index (χ2v) is 6.85. The Morgan fingerprint density at radius 2 is 1.71 bits per heavy atom. The standard InChI is InChI=1S/C19H20N2O3/c1-20-15(22)10-14(11-5-3-2-4-6-11)21-18(23)16-12-7-8-13(9-12)17(16)19(21)24/h2-8,12-14,16-17H,9-10H2,1H3,(H,20,22). The third kappa shape index (κ3) is 2.11. The first kappa shape index (κ1) is 15.1. The maximum Gasteiger partial charge on any atom is 0.234 e. The van der Waals surface area contributed by atoms with Crippen molar-refractivity contribution in [2.45, 2.75) is 18.9 Å². The summed E-state index contributed by atoms with van der Waals surface area (Å²) in [6.45, 7) is 0. The van der Waals surface area contributed by atoms with E-state index in [0.717, 1.165) is 12.0 Å². The van der Waals surface area contributed by atoms with Gasteiger partial charge in [0.2, 0.25) is 17.7 Å². The minimum atomic E-state index is -0.531. The summed E-state index contributed by atoms with van der Waals surface area (Å²) in [5.41, 5.74) is 0.822. The van der Waals surface area contributed by atoms with E-state index in [9.17, 15) is 14.4 Å². The topological polar surface area (TPSA) is 66.5 Å². The van der Waals surface area contributed by atoms with Crippen LogP contribution in [0.1, 0.15) is 24.4 Å². The molecule has 2 fully saturated rings. The molecule has 1 aliphatic heterocycles. The molecule has 5 atom stereocenters. The minimum Gasteiger partial charge on any atom is -0.359 e. The molecule has 3 amide bonds. The van der Waals surface area contributed by atoms with E-state index in [1.807, 2.05) is 30.3 Å². The normalized spacial score (nSPS) is 31.5. The molecule has 1 aromatic carbocycles. The smallest absolute Gasteiger partial charge is 0.234 e. The zero-order valence-electron chi connectivity index (χ0n) is 13.5. The first-order valence-electron chi connectivity index (χ1n) is 8.42. The Hall–Kier alpha value is -2.43. The Bertz CT molecular complexity index is 697. The number of imide groups is 1. The lowest BCUT2D eigenvalue weighted by atomic mass is 9.85. The molecule has 2 aliphatic carbocycles. The highest BCUT2D eigenvalue weighted by molar-refractivity contribution is 6.07. The van der Waals surface area contributed by atoms with Crippen LogP contribution in [0.15, 0.2) is 42.5 Å². The maximum atomic E-state index is 13.0. The molecule has 1 heterocycles. The molecule has 5 unspecified atom stereocenters. The molecule has 1 saturated carbocycles. The largest absolute Gasteiger partial charge is 0.359 e. The second-order valence-electron chi connectivity index (χ2n) is 6.85. The van der Waals surface area contributed by atoms with E-state index >= 15 is 0 Å². The predicted octanol–water partition coefficient (Wildman–Crippen LogP) is 1.67. The number of hydrogen-bond acceptors (Lipinski definition) is 3. The molecule has 5 nitrogen and oxygen atoms in total. The molecule has 124 valence electrons. The number of benzene rings is 1. The quantitative estimate of drug-likeness (QED) is 0.677. The molecule has 4 rings (SSSR count). The van der Waals surface area contributed by atoms with Gasteiger partial charge >= 0.3 is 0 Å². The Morgan fingerprint density at radius 1 is 1.12 bits per heavy atom. The molecule has 2 bridgehead atoms. The predicted molar refractivity (Wildman–Crippen MR) is 87.4 cm³/mol. The number of rotatable bonds is 4. The van der Waals surface area contributed by atoms with E-state index in [4.69, 9.17) is 0 Å². The molecule has 5 heteroatoms. The fourth-order valence-corrected chi connectivity index (χ4v) is 4.54. The van der Waals surface area contributed by atoms with Crippen LogP contribution in [-0.4, -0.2) is 29.7 Å². The van der Waals surface area contributed by atoms with Crippen LogP contribution in [-0.2, 0) is 14.4 Å². The molecule has 0 radical (unpaired) electrons. The Morgan fingerprint density at radius 3 is 2.25 bits per heavy atom. The third-order valence-electron chi connectivity index (χ3n) is 5.66. The zero-order valence-corrected chi connectivity index (χ0v) is 13.5. The van der Waals surface area contributed by atoms with Gasteiger partial charge in [0.1, 0.15) is 0 Å². The molecule has 24 heavy (non-hydrogen) atoms. The van der Waals surface area contributed by atoms with Gasteiger partial charge in [-0.15, -0.1) is 0 Å². The summed E-state index contributed by atoms with van der Waals surface area (Å²) in [5.74, 6) is -0.510. The SMILES string of the molecule is CNC(=O)CC(c1ccccc1)N1C(=O)C2C3C=CC(C3)C2C1=O. The fraction of sp³-hybridized carbons (Fsp3) is 0.421. The van der Waals surface area contributed by atoms with Crippen LogP contribution in [0.4, 0.5) is 0 Å². The summed E-state index contributed by atoms with van der Waals surface area (Å²) in [6, 6.07) is 8.82. The summed E-state index contributed by atoms with van der Waals surface area (Å²) in [7, 11) is 1.57. The van der Waals surface area contributed by atoms with Crippen molar-refractivity contribution in [3.05, 3.63) is 48.0 Å². The monoisotopic (exact) mass is 324 g/mol. The number of nitrogens with one attached hydrogen (secondary N) is 1. The van der Waals surface area contributed by atoms with Crippen molar-refractivity contribution < 1.29 is 14.4 Å². The summed E-state index contributed by atoms with van der Waals surface area (Å²) >= 11 is 0. The van der Waals surface area contributed by atoms with Gasteiger partial charge in [-0.1, -0.05) is 42.5 Å². The third-order valence-corrected chi connectivity index (χ3v) is 5.66. The van der Waals surface area contributed by atoms with Gasteiger partial charge in [-0.3, -0.25) is 19.3 Å². The number of allylic oxidation sites excluding steroid dienone is 2. The number of likely N-dealkylation sites (tertiary alicyclic amines) is 1. The van der Waals surface area contributed by atoms with Crippen LogP contribution >= 0.6 is 0 Å². The van der Waals surface area contributed by atoms with E-state index in [-0.39, 0.29) is 47.8 Å². The number of carbonyl (C=O) groups is 3. The Labute approximate surface area is 140 Å². The molecule has 1 saturated heterocycles. The van der Waals surface area contributed by atoms with Crippen molar-refractivity contribution in [1.82, 2.24) is 10.2 Å². The van der Waals surface area contributed by atoms with Crippen molar-refractivity contribution in [3.63, 3.8) is 0 Å². The molecule has 1 N–H and O–H groups in total. The minimum absolute atomic E-state index is 0.0974. The van der Waals surface area contributed by atoms with Crippen molar-refractivity contribution >= 4 is 17.7 Å². The van der Waals surface area contributed by atoms with Crippen LogP contribution in [0.25, 0.3) is 0 Å². The summed E-state index contributed by atoms with van der Waals surface area (Å²) in [4.78, 5) is 39.4. The number of fused-ring (bicyclic) bond motifs is 5. The average molecular weight is 324 g/mol. The first-order chi connectivity index (χ1) is 11.6. The van der Waals surface area contributed by atoms with E-state index in [0.29, 0.717) is 0 Å². The maximum absolute atomic E-state index is 13.0. The fourth-order valence-electron chi connectivity index (χ4n) is 4.54. The van der Waals surface area contributed by atoms with Gasteiger partial charge < -0.3 is 5.32 Å². The number of nitrogens with zero attached hydrogens (tertiary/aromatic N) is 1. The van der Waals surface area contributed by atoms with Gasteiger partial charge in [0.05, 0.1) is 24.3 Å². The van der Waals surface area contributed by atoms with Crippen LogP contribution in [0.2, 0.25) is 0 Å². The highest BCUT2D eigenvalue weighted by Gasteiger charge is 2.60. The zero-order chi connectivity index (χ0) is 16.8. The van der Waals surface area contributed by atoms with E-state index in [1.165, 1.54) is 4.90 Å². The lowest BCUT2D eigenvalue weighted by molar-refractivity contribution is -0.144. The summed E-state index contributed by atoms with van der Waals surface area (Å²) in [6.07, 6.45) is 5.17. The van der Waals surface area contributed by atoms with Crippen LogP contribution < -0.4 is 5.32 Å². The summed E-state index contributed by atoms with van der Waals surface area (Å²) < 4.78 is 0. The van der Waals surface area contributed by atoms with Crippen molar-refractivity contribution in [2.24, 2.45) is 23.7 Å². The number of hydrogen-bond donors (Lipinski definition) is 1. The van der Waals surface area contributed by atoms with Gasteiger partial charge in [0.25, 0.3) is 0 Å². The number of carbonyl (C=O) groups excluding carboxylic acids is 3. The second kappa shape index (κ2) is 5.58. The highest BCUT2D eigenvalue weighted by Crippen LogP contribution is 2.54. The van der Waals surface area contributed by atoms with Gasteiger partial charge in [-0.05, 0) is 23.8 Å². The van der Waals surface area contributed by atoms with Crippen LogP contribution in [0.5, 0.6) is 0 Å². The van der Waals surface area contributed by atoms with Crippen molar-refractivity contribution in [2.75, 3.05) is 7.05 Å². The average Bonchev–Trinajstić information content (AvgIpc) is 3.28. The molecular weight excluding hydrogens is 304 g/mol. The molecule has 0 spiro atoms. The number of amides is 3. The Kier molecular flexibility index (Phi) is 3.52. The van der Waals surface area contributed by atoms with E-state index < -0.39 is 6.04 Å². The van der Waals surface area contributed by atoms with E-state index in [1.54, 1.807) is 7.05 Å². The molecule has 1 aromatic rings. The van der Waals surface area contributed by atoms with Crippen molar-refractivity contribution in [3.8, 4) is 0 Å². The lowest BCUT2D eigenvalue weighted by Crippen LogP contribution is -2.39. The van der Waals surface area contributed by atoms with E-state index in [2.05, 4.69) is 17.5 Å².